The number of nitrogens with zero attached hydrogens (tertiary/aromatic N) is 3. The molecule has 4 rings (SSSR count). The van der Waals surface area contributed by atoms with Crippen LogP contribution in [0.25, 0.3) is 11.0 Å². The van der Waals surface area contributed by atoms with Crippen molar-refractivity contribution >= 4 is 23.2 Å². The van der Waals surface area contributed by atoms with E-state index in [9.17, 15) is 14.7 Å². The van der Waals surface area contributed by atoms with E-state index < -0.39 is 6.09 Å². The molecule has 37 heavy (non-hydrogen) atoms. The highest BCUT2D eigenvalue weighted by atomic mass is 16.6. The topological polar surface area (TPSA) is 115 Å². The first-order valence-electron chi connectivity index (χ1n) is 12.8. The van der Waals surface area contributed by atoms with Crippen molar-refractivity contribution in [3.8, 4) is 0 Å². The van der Waals surface area contributed by atoms with E-state index in [0.717, 1.165) is 35.0 Å². The van der Waals surface area contributed by atoms with Crippen molar-refractivity contribution < 1.29 is 19.4 Å². The molecule has 1 aromatic heterocycles. The maximum atomic E-state index is 13.2. The maximum Gasteiger partial charge on any atom is 0.410 e. The Hall–Kier alpha value is -3.75. The van der Waals surface area contributed by atoms with E-state index in [2.05, 4.69) is 25.8 Å². The Morgan fingerprint density at radius 3 is 2.59 bits per heavy atom. The van der Waals surface area contributed by atoms with Crippen LogP contribution in [0.1, 0.15) is 51.7 Å². The summed E-state index contributed by atoms with van der Waals surface area (Å²) in [5.74, 6) is 0. The van der Waals surface area contributed by atoms with Crippen molar-refractivity contribution in [3.63, 3.8) is 0 Å². The van der Waals surface area contributed by atoms with Crippen LogP contribution in [0.3, 0.4) is 0 Å². The molecular weight excluding hydrogens is 470 g/mol. The molecule has 2 atom stereocenters. The molecule has 9 heteroatoms. The number of hydrogen-bond acceptors (Lipinski definition) is 4. The fraction of sp³-hybridized carbons (Fsp3) is 0.464. The van der Waals surface area contributed by atoms with Gasteiger partial charge in [-0.05, 0) is 48.4 Å². The zero-order valence-electron chi connectivity index (χ0n) is 22.0. The second-order valence-electron chi connectivity index (χ2n) is 10.9. The van der Waals surface area contributed by atoms with Crippen LogP contribution >= 0.6 is 0 Å². The van der Waals surface area contributed by atoms with Crippen molar-refractivity contribution in [1.29, 1.82) is 5.41 Å². The molecule has 1 aliphatic rings. The van der Waals surface area contributed by atoms with Gasteiger partial charge in [-0.15, -0.1) is 0 Å². The number of carbonyl (C=O) groups is 2. The molecule has 3 aromatic rings. The van der Waals surface area contributed by atoms with Crippen molar-refractivity contribution in [1.82, 2.24) is 19.4 Å². The summed E-state index contributed by atoms with van der Waals surface area (Å²) in [7, 11) is 0. The first-order valence-corrected chi connectivity index (χ1v) is 12.8. The van der Waals surface area contributed by atoms with Crippen LogP contribution in [-0.4, -0.2) is 55.3 Å². The standard InChI is InChI=1S/C28H37N5O4/c1-19(28(2,3)4)32(27(36)37-18-20-9-6-5-7-10-20)16-21-12-13-24-23(15-21)30-25(29)33(24)17-22-11-8-14-31(22)26(34)35/h5-7,9-10,12-13,15,19,22H,8,11,14,16-18H2,1-4H3,(H2,29,30)(H,34,35)/t19-,22?/m0/s1. The molecule has 1 aliphatic heterocycles. The van der Waals surface area contributed by atoms with Gasteiger partial charge >= 0.3 is 12.2 Å². The summed E-state index contributed by atoms with van der Waals surface area (Å²) in [6, 6.07) is 15.3. The van der Waals surface area contributed by atoms with Gasteiger partial charge in [-0.2, -0.15) is 0 Å². The second kappa shape index (κ2) is 10.7. The van der Waals surface area contributed by atoms with E-state index in [1.165, 1.54) is 4.90 Å². The monoisotopic (exact) mass is 507 g/mol. The van der Waals surface area contributed by atoms with Crippen LogP contribution in [0.5, 0.6) is 0 Å². The lowest BCUT2D eigenvalue weighted by Gasteiger charge is -2.37. The number of rotatable bonds is 7. The largest absolute Gasteiger partial charge is 0.465 e. The van der Waals surface area contributed by atoms with Gasteiger partial charge in [0.2, 0.25) is 0 Å². The number of imidazole rings is 1. The number of nitrogens with one attached hydrogen (secondary N) is 2. The van der Waals surface area contributed by atoms with Crippen LogP contribution < -0.4 is 5.62 Å². The molecular formula is C28H37N5O4. The van der Waals surface area contributed by atoms with Gasteiger partial charge in [0.15, 0.2) is 5.62 Å². The van der Waals surface area contributed by atoms with Crippen LogP contribution in [-0.2, 0) is 24.4 Å². The number of fused-ring (bicyclic) bond motifs is 1. The predicted molar refractivity (Wildman–Crippen MR) is 141 cm³/mol. The quantitative estimate of drug-likeness (QED) is 0.409. The highest BCUT2D eigenvalue weighted by molar-refractivity contribution is 5.76. The second-order valence-corrected chi connectivity index (χ2v) is 10.9. The van der Waals surface area contributed by atoms with Crippen molar-refractivity contribution in [2.75, 3.05) is 6.54 Å². The number of hydrogen-bond donors (Lipinski definition) is 3. The van der Waals surface area contributed by atoms with Gasteiger partial charge in [0.05, 0.1) is 17.1 Å². The van der Waals surface area contributed by atoms with Crippen molar-refractivity contribution in [3.05, 3.63) is 65.3 Å². The number of likely N-dealkylation sites (tertiary alicyclic amines) is 1. The van der Waals surface area contributed by atoms with Crippen molar-refractivity contribution in [2.45, 2.75) is 72.3 Å². The highest BCUT2D eigenvalue weighted by Crippen LogP contribution is 2.27. The average molecular weight is 508 g/mol. The summed E-state index contributed by atoms with van der Waals surface area (Å²) in [6.07, 6.45) is 0.335. The number of carbonyl (C=O) groups excluding carboxylic acids is 1. The molecule has 0 bridgehead atoms. The highest BCUT2D eigenvalue weighted by Gasteiger charge is 2.32. The molecule has 198 valence electrons. The van der Waals surface area contributed by atoms with Gasteiger partial charge in [-0.3, -0.25) is 5.41 Å². The average Bonchev–Trinajstić information content (AvgIpc) is 3.45. The first-order chi connectivity index (χ1) is 17.5. The normalized spacial score (nSPS) is 16.6. The lowest BCUT2D eigenvalue weighted by Crippen LogP contribution is -2.45. The first kappa shape index (κ1) is 26.3. The smallest absolute Gasteiger partial charge is 0.410 e. The van der Waals surface area contributed by atoms with Crippen LogP contribution in [0, 0.1) is 10.8 Å². The van der Waals surface area contributed by atoms with Crippen LogP contribution in [0.2, 0.25) is 0 Å². The van der Waals surface area contributed by atoms with E-state index in [1.54, 1.807) is 4.90 Å². The van der Waals surface area contributed by atoms with Gasteiger partial charge < -0.3 is 29.2 Å². The minimum atomic E-state index is -0.913. The number of ether oxygens (including phenoxy) is 1. The summed E-state index contributed by atoms with van der Waals surface area (Å²) in [4.78, 5) is 31.1. The molecule has 9 nitrogen and oxygen atoms in total. The molecule has 3 N–H and O–H groups in total. The Bertz CT molecular complexity index is 1310. The molecule has 1 unspecified atom stereocenters. The molecule has 1 fully saturated rings. The van der Waals surface area contributed by atoms with Crippen LogP contribution in [0.4, 0.5) is 9.59 Å². The SMILES string of the molecule is C[C@H](N(Cc1ccc2c(c1)[nH]c(=N)n2CC1CCCN1C(=O)O)C(=O)OCc1ccccc1)C(C)(C)C. The summed E-state index contributed by atoms with van der Waals surface area (Å²) < 4.78 is 7.51. The third-order valence-electron chi connectivity index (χ3n) is 7.40. The maximum absolute atomic E-state index is 13.2. The van der Waals surface area contributed by atoms with Crippen LogP contribution in [0.15, 0.2) is 48.5 Å². The molecule has 1 saturated heterocycles. The molecule has 0 radical (unpaired) electrons. The van der Waals surface area contributed by atoms with Crippen molar-refractivity contribution in [2.24, 2.45) is 5.41 Å². The lowest BCUT2D eigenvalue weighted by molar-refractivity contribution is 0.0540. The number of amides is 2. The van der Waals surface area contributed by atoms with E-state index in [0.29, 0.717) is 19.6 Å². The third kappa shape index (κ3) is 5.98. The Morgan fingerprint density at radius 2 is 1.92 bits per heavy atom. The van der Waals surface area contributed by atoms with E-state index in [-0.39, 0.29) is 35.8 Å². The molecule has 0 saturated carbocycles. The van der Waals surface area contributed by atoms with Gasteiger partial charge in [-0.1, -0.05) is 57.2 Å². The fourth-order valence-electron chi connectivity index (χ4n) is 4.84. The number of H-pyrrole nitrogens is 1. The Balaban J connectivity index is 1.55. The minimum absolute atomic E-state index is 0.0869. The summed E-state index contributed by atoms with van der Waals surface area (Å²) in [5.41, 5.74) is 3.55. The zero-order valence-corrected chi connectivity index (χ0v) is 22.0. The van der Waals surface area contributed by atoms with E-state index in [1.807, 2.05) is 60.0 Å². The van der Waals surface area contributed by atoms with Gasteiger partial charge in [0, 0.05) is 25.7 Å². The Morgan fingerprint density at radius 1 is 1.19 bits per heavy atom. The van der Waals surface area contributed by atoms with E-state index >= 15 is 0 Å². The zero-order chi connectivity index (χ0) is 26.7. The van der Waals surface area contributed by atoms with Gasteiger partial charge in [0.25, 0.3) is 0 Å². The number of benzene rings is 2. The van der Waals surface area contributed by atoms with E-state index in [4.69, 9.17) is 10.1 Å². The van der Waals surface area contributed by atoms with Gasteiger partial charge in [0.1, 0.15) is 6.61 Å². The molecule has 2 aromatic carbocycles. The Labute approximate surface area is 217 Å². The fourth-order valence-corrected chi connectivity index (χ4v) is 4.84. The number of carboxylic acid groups (broad SMARTS) is 1. The lowest BCUT2D eigenvalue weighted by atomic mass is 9.87. The van der Waals surface area contributed by atoms with Gasteiger partial charge in [-0.25, -0.2) is 9.59 Å². The molecule has 0 aliphatic carbocycles. The molecule has 2 amide bonds. The minimum Gasteiger partial charge on any atom is -0.465 e. The number of aromatic amines is 1. The Kier molecular flexibility index (Phi) is 7.61. The molecule has 0 spiro atoms. The summed E-state index contributed by atoms with van der Waals surface area (Å²) in [6.45, 7) is 9.87. The number of aromatic nitrogens is 2. The third-order valence-corrected chi connectivity index (χ3v) is 7.40. The molecule has 2 heterocycles. The summed E-state index contributed by atoms with van der Waals surface area (Å²) >= 11 is 0. The predicted octanol–water partition coefficient (Wildman–Crippen LogP) is 5.16. The summed E-state index contributed by atoms with van der Waals surface area (Å²) in [5, 5.41) is 17.9.